The van der Waals surface area contributed by atoms with E-state index < -0.39 is 0 Å². The average molecular weight is 140 g/mol. The van der Waals surface area contributed by atoms with Gasteiger partial charge in [-0.1, -0.05) is 0 Å². The summed E-state index contributed by atoms with van der Waals surface area (Å²) in [4.78, 5) is 15.3. The van der Waals surface area contributed by atoms with Gasteiger partial charge >= 0.3 is 0 Å². The highest BCUT2D eigenvalue weighted by atomic mass is 16.2. The van der Waals surface area contributed by atoms with Gasteiger partial charge in [-0.15, -0.1) is 0 Å². The Balaban J connectivity index is 2.17. The minimum absolute atomic E-state index is 0.241. The zero-order valence-corrected chi connectivity index (χ0v) is 6.21. The van der Waals surface area contributed by atoms with Crippen molar-refractivity contribution in [3.8, 4) is 0 Å². The van der Waals surface area contributed by atoms with Crippen LogP contribution in [0.5, 0.6) is 0 Å². The van der Waals surface area contributed by atoms with Gasteiger partial charge in [0.05, 0.1) is 12.7 Å². The Labute approximate surface area is 60.6 Å². The van der Waals surface area contributed by atoms with Crippen LogP contribution >= 0.6 is 0 Å². The summed E-state index contributed by atoms with van der Waals surface area (Å²) < 4.78 is 0. The van der Waals surface area contributed by atoms with E-state index in [-0.39, 0.29) is 6.04 Å². The number of fused-ring (bicyclic) bond motifs is 1. The first-order valence-corrected chi connectivity index (χ1v) is 3.78. The fourth-order valence-electron chi connectivity index (χ4n) is 1.87. The van der Waals surface area contributed by atoms with Gasteiger partial charge in [-0.05, 0) is 12.8 Å². The fraction of sp³-hybridized carbons (Fsp3) is 0.857. The van der Waals surface area contributed by atoms with Crippen LogP contribution < -0.4 is 0 Å². The van der Waals surface area contributed by atoms with Crippen LogP contribution in [0.3, 0.4) is 0 Å². The number of nitrogens with zero attached hydrogens (tertiary/aromatic N) is 2. The van der Waals surface area contributed by atoms with Crippen LogP contribution in [0.25, 0.3) is 0 Å². The minimum Gasteiger partial charge on any atom is -0.331 e. The molecular formula is C7H12N2O. The first-order valence-electron chi connectivity index (χ1n) is 3.78. The van der Waals surface area contributed by atoms with Gasteiger partial charge in [-0.2, -0.15) is 0 Å². The molecule has 0 aliphatic carbocycles. The maximum Gasteiger partial charge on any atom is 0.240 e. The highest BCUT2D eigenvalue weighted by Gasteiger charge is 2.38. The van der Waals surface area contributed by atoms with Crippen molar-refractivity contribution in [2.75, 3.05) is 20.3 Å². The van der Waals surface area contributed by atoms with E-state index in [2.05, 4.69) is 4.90 Å². The van der Waals surface area contributed by atoms with E-state index in [4.69, 9.17) is 0 Å². The molecule has 0 spiro atoms. The standard InChI is InChI=1S/C7H12N2O/c1-8-5-9-4-2-3-6(9)7(8)10/h6H,2-5H2,1H3. The Bertz CT molecular complexity index is 169. The third-order valence-electron chi connectivity index (χ3n) is 2.42. The van der Waals surface area contributed by atoms with Crippen LogP contribution in [0.2, 0.25) is 0 Å². The lowest BCUT2D eigenvalue weighted by Gasteiger charge is -2.10. The quantitative estimate of drug-likeness (QED) is 0.468. The number of hydrogen-bond donors (Lipinski definition) is 0. The summed E-state index contributed by atoms with van der Waals surface area (Å²) in [6, 6.07) is 0.241. The largest absolute Gasteiger partial charge is 0.331 e. The summed E-state index contributed by atoms with van der Waals surface area (Å²) in [5, 5.41) is 0. The second-order valence-corrected chi connectivity index (χ2v) is 3.15. The zero-order chi connectivity index (χ0) is 7.14. The number of rotatable bonds is 0. The molecule has 0 radical (unpaired) electrons. The van der Waals surface area contributed by atoms with Gasteiger partial charge < -0.3 is 4.90 Å². The molecule has 3 heteroatoms. The van der Waals surface area contributed by atoms with E-state index in [0.29, 0.717) is 5.91 Å². The zero-order valence-electron chi connectivity index (χ0n) is 6.21. The van der Waals surface area contributed by atoms with Gasteiger partial charge in [-0.3, -0.25) is 9.69 Å². The molecule has 0 bridgehead atoms. The molecule has 2 fully saturated rings. The number of amides is 1. The summed E-state index contributed by atoms with van der Waals surface area (Å²) in [5.74, 6) is 0.317. The molecule has 10 heavy (non-hydrogen) atoms. The highest BCUT2D eigenvalue weighted by Crippen LogP contribution is 2.23. The summed E-state index contributed by atoms with van der Waals surface area (Å²) >= 11 is 0. The molecule has 0 aromatic carbocycles. The van der Waals surface area contributed by atoms with Crippen molar-refractivity contribution in [2.45, 2.75) is 18.9 Å². The number of likely N-dealkylation sites (N-methyl/N-ethyl adjacent to an activating group) is 1. The second kappa shape index (κ2) is 1.95. The lowest BCUT2D eigenvalue weighted by atomic mass is 10.2. The average Bonchev–Trinajstić information content (AvgIpc) is 2.41. The molecule has 3 nitrogen and oxygen atoms in total. The fourth-order valence-corrected chi connectivity index (χ4v) is 1.87. The molecule has 0 aromatic heterocycles. The number of carbonyl (C=O) groups is 1. The first kappa shape index (κ1) is 6.16. The molecule has 2 saturated heterocycles. The van der Waals surface area contributed by atoms with Crippen molar-refractivity contribution < 1.29 is 4.79 Å². The van der Waals surface area contributed by atoms with Crippen molar-refractivity contribution in [2.24, 2.45) is 0 Å². The van der Waals surface area contributed by atoms with Crippen LogP contribution in [0.15, 0.2) is 0 Å². The lowest BCUT2D eigenvalue weighted by molar-refractivity contribution is -0.127. The Morgan fingerprint density at radius 2 is 2.40 bits per heavy atom. The van der Waals surface area contributed by atoms with Crippen molar-refractivity contribution in [3.05, 3.63) is 0 Å². The topological polar surface area (TPSA) is 23.6 Å². The van der Waals surface area contributed by atoms with Crippen LogP contribution in [0, 0.1) is 0 Å². The maximum atomic E-state index is 11.3. The van der Waals surface area contributed by atoms with Gasteiger partial charge in [0, 0.05) is 13.6 Å². The summed E-state index contributed by atoms with van der Waals surface area (Å²) in [6.07, 6.45) is 2.27. The molecule has 0 aromatic rings. The molecule has 1 unspecified atom stereocenters. The predicted molar refractivity (Wildman–Crippen MR) is 37.4 cm³/mol. The molecule has 1 amide bonds. The van der Waals surface area contributed by atoms with Crippen LogP contribution in [-0.4, -0.2) is 42.0 Å². The third kappa shape index (κ3) is 0.669. The lowest BCUT2D eigenvalue weighted by Crippen LogP contribution is -2.26. The van der Waals surface area contributed by atoms with E-state index >= 15 is 0 Å². The Hall–Kier alpha value is -0.570. The van der Waals surface area contributed by atoms with Gasteiger partial charge in [0.15, 0.2) is 0 Å². The summed E-state index contributed by atoms with van der Waals surface area (Å²) in [5.41, 5.74) is 0. The molecule has 2 aliphatic heterocycles. The Kier molecular flexibility index (Phi) is 1.20. The predicted octanol–water partition coefficient (Wildman–Crippen LogP) is -0.120. The number of carbonyl (C=O) groups excluding carboxylic acids is 1. The molecule has 1 atom stereocenters. The van der Waals surface area contributed by atoms with Crippen molar-refractivity contribution in [1.29, 1.82) is 0 Å². The van der Waals surface area contributed by atoms with Crippen LogP contribution in [0.1, 0.15) is 12.8 Å². The normalized spacial score (nSPS) is 33.5. The van der Waals surface area contributed by atoms with Gasteiger partial charge in [-0.25, -0.2) is 0 Å². The van der Waals surface area contributed by atoms with Crippen molar-refractivity contribution >= 4 is 5.91 Å². The van der Waals surface area contributed by atoms with E-state index in [1.807, 2.05) is 11.9 Å². The summed E-state index contributed by atoms with van der Waals surface area (Å²) in [6.45, 7) is 1.96. The van der Waals surface area contributed by atoms with Gasteiger partial charge in [0.25, 0.3) is 0 Å². The van der Waals surface area contributed by atoms with Gasteiger partial charge in [0.1, 0.15) is 0 Å². The number of hydrogen-bond acceptors (Lipinski definition) is 2. The molecule has 2 heterocycles. The highest BCUT2D eigenvalue weighted by molar-refractivity contribution is 5.83. The van der Waals surface area contributed by atoms with E-state index in [0.717, 1.165) is 19.6 Å². The van der Waals surface area contributed by atoms with Crippen molar-refractivity contribution in [1.82, 2.24) is 9.80 Å². The molecule has 0 saturated carbocycles. The summed E-state index contributed by atoms with van der Waals surface area (Å²) in [7, 11) is 1.88. The minimum atomic E-state index is 0.241. The van der Waals surface area contributed by atoms with Gasteiger partial charge in [0.2, 0.25) is 5.91 Å². The smallest absolute Gasteiger partial charge is 0.240 e. The molecule has 2 aliphatic rings. The Morgan fingerprint density at radius 1 is 1.60 bits per heavy atom. The Morgan fingerprint density at radius 3 is 3.10 bits per heavy atom. The van der Waals surface area contributed by atoms with E-state index in [1.165, 1.54) is 6.42 Å². The third-order valence-corrected chi connectivity index (χ3v) is 2.42. The molecule has 56 valence electrons. The SMILES string of the molecule is CN1CN2CCCC2C1=O. The van der Waals surface area contributed by atoms with E-state index in [1.54, 1.807) is 0 Å². The maximum absolute atomic E-state index is 11.3. The first-order chi connectivity index (χ1) is 4.79. The van der Waals surface area contributed by atoms with Crippen LogP contribution in [-0.2, 0) is 4.79 Å². The van der Waals surface area contributed by atoms with E-state index in [9.17, 15) is 4.79 Å². The monoisotopic (exact) mass is 140 g/mol. The molecule has 2 rings (SSSR count). The van der Waals surface area contributed by atoms with Crippen molar-refractivity contribution in [3.63, 3.8) is 0 Å². The van der Waals surface area contributed by atoms with Crippen LogP contribution in [0.4, 0.5) is 0 Å². The second-order valence-electron chi connectivity index (χ2n) is 3.15. The molecular weight excluding hydrogens is 128 g/mol. The molecule has 0 N–H and O–H groups in total.